The highest BCUT2D eigenvalue weighted by Crippen LogP contribution is 2.31. The molecule has 2 heterocycles. The Hall–Kier alpha value is -3.55. The van der Waals surface area contributed by atoms with Crippen molar-refractivity contribution < 1.29 is 57.4 Å². The summed E-state index contributed by atoms with van der Waals surface area (Å²) in [6.07, 6.45) is 8.67. The lowest BCUT2D eigenvalue weighted by molar-refractivity contribution is -0.114. The maximum absolute atomic E-state index is 12.9. The van der Waals surface area contributed by atoms with Crippen LogP contribution in [0.25, 0.3) is 0 Å². The molecule has 2 aromatic rings. The van der Waals surface area contributed by atoms with E-state index in [1.54, 1.807) is 33.5 Å². The Kier molecular flexibility index (Phi) is 20.6. The molecule has 0 aliphatic carbocycles. The standard InChI is InChI=1S/C21H32O6.C21H30O6/c2*1-15-7-4-5-8-16-9-6-10-18(25-3)20(16)21(23)27-17(11-12-22)13-19(15)26-14-24-2/h6,9-10,15,17,19,22H,4-5,7-8,11-14H2,1-3H3;6,9-10,12,15,17,19H,4-5,7-8,11,13-14H2,1-3H3/t2*15-,17-,19+/m00/s1. The first-order valence-electron chi connectivity index (χ1n) is 19.2. The van der Waals surface area contributed by atoms with Crippen molar-refractivity contribution in [3.63, 3.8) is 0 Å². The molecule has 6 atom stereocenters. The lowest BCUT2D eigenvalue weighted by atomic mass is 9.91. The number of methoxy groups -OCH3 is 4. The van der Waals surface area contributed by atoms with E-state index in [9.17, 15) is 19.5 Å². The van der Waals surface area contributed by atoms with Gasteiger partial charge in [0.2, 0.25) is 0 Å². The second kappa shape index (κ2) is 24.8. The van der Waals surface area contributed by atoms with Gasteiger partial charge >= 0.3 is 11.9 Å². The largest absolute Gasteiger partial charge is 0.496 e. The molecule has 0 fully saturated rings. The summed E-state index contributed by atoms with van der Waals surface area (Å²) in [6.45, 7) is 4.60. The third kappa shape index (κ3) is 13.9. The number of fused-ring (bicyclic) bond motifs is 2. The van der Waals surface area contributed by atoms with E-state index in [2.05, 4.69) is 13.8 Å². The number of hydrogen-bond donors (Lipinski definition) is 1. The quantitative estimate of drug-likeness (QED) is 0.137. The van der Waals surface area contributed by atoms with E-state index < -0.39 is 24.1 Å². The Morgan fingerprint density at radius 1 is 0.704 bits per heavy atom. The summed E-state index contributed by atoms with van der Waals surface area (Å²) in [5.74, 6) is 0.756. The number of esters is 2. The Morgan fingerprint density at radius 3 is 1.59 bits per heavy atom. The maximum atomic E-state index is 12.9. The van der Waals surface area contributed by atoms with Crippen LogP contribution in [0.5, 0.6) is 11.5 Å². The summed E-state index contributed by atoms with van der Waals surface area (Å²) in [5.41, 5.74) is 2.82. The van der Waals surface area contributed by atoms with Crippen molar-refractivity contribution in [1.29, 1.82) is 0 Å². The highest BCUT2D eigenvalue weighted by molar-refractivity contribution is 5.95. The van der Waals surface area contributed by atoms with Crippen LogP contribution in [-0.4, -0.2) is 96.4 Å². The van der Waals surface area contributed by atoms with Gasteiger partial charge < -0.3 is 47.8 Å². The smallest absolute Gasteiger partial charge is 0.342 e. The zero-order valence-corrected chi connectivity index (χ0v) is 33.1. The van der Waals surface area contributed by atoms with Crippen molar-refractivity contribution in [2.45, 2.75) is 115 Å². The van der Waals surface area contributed by atoms with Crippen molar-refractivity contribution in [3.8, 4) is 11.5 Å². The number of carbonyl (C=O) groups excluding carboxylic acids is 3. The first kappa shape index (κ1) is 44.8. The SMILES string of the molecule is COCO[C@@H]1C[C@H](CC=O)OC(=O)c2c(cccc2OC)CCCC[C@@H]1C.COCO[C@@H]1C[C@H](CCO)OC(=O)c2c(cccc2OC)CCCC[C@@H]1C. The molecular weight excluding hydrogens is 696 g/mol. The molecule has 54 heavy (non-hydrogen) atoms. The molecule has 0 bridgehead atoms. The zero-order chi connectivity index (χ0) is 39.3. The molecule has 2 aromatic carbocycles. The number of aryl methyl sites for hydroxylation is 2. The Morgan fingerprint density at radius 2 is 1.17 bits per heavy atom. The minimum absolute atomic E-state index is 0.0535. The van der Waals surface area contributed by atoms with Gasteiger partial charge in [-0.25, -0.2) is 9.59 Å². The van der Waals surface area contributed by atoms with E-state index in [4.69, 9.17) is 37.9 Å². The molecule has 0 unspecified atom stereocenters. The summed E-state index contributed by atoms with van der Waals surface area (Å²) in [6, 6.07) is 11.2. The second-order valence-corrected chi connectivity index (χ2v) is 14.1. The molecule has 2 aliphatic heterocycles. The monoisotopic (exact) mass is 758 g/mol. The topological polar surface area (TPSA) is 145 Å². The van der Waals surface area contributed by atoms with Crippen LogP contribution in [0.15, 0.2) is 36.4 Å². The number of hydrogen-bond acceptors (Lipinski definition) is 12. The van der Waals surface area contributed by atoms with Crippen molar-refractivity contribution in [3.05, 3.63) is 58.7 Å². The summed E-state index contributed by atoms with van der Waals surface area (Å²) in [7, 11) is 6.26. The van der Waals surface area contributed by atoms with Crippen LogP contribution < -0.4 is 9.47 Å². The van der Waals surface area contributed by atoms with Gasteiger partial charge in [-0.1, -0.05) is 51.0 Å². The molecular formula is C42H62O12. The van der Waals surface area contributed by atoms with Crippen LogP contribution in [0.1, 0.15) is 110 Å². The van der Waals surface area contributed by atoms with Gasteiger partial charge in [-0.2, -0.15) is 0 Å². The van der Waals surface area contributed by atoms with E-state index in [1.165, 1.54) is 7.11 Å². The predicted octanol–water partition coefficient (Wildman–Crippen LogP) is 6.90. The van der Waals surface area contributed by atoms with Gasteiger partial charge in [-0.3, -0.25) is 0 Å². The highest BCUT2D eigenvalue weighted by Gasteiger charge is 2.30. The number of aldehydes is 1. The van der Waals surface area contributed by atoms with Crippen molar-refractivity contribution >= 4 is 18.2 Å². The molecule has 12 heteroatoms. The molecule has 2 aliphatic rings. The van der Waals surface area contributed by atoms with Gasteiger partial charge in [-0.05, 0) is 73.6 Å². The number of benzene rings is 2. The van der Waals surface area contributed by atoms with E-state index in [0.29, 0.717) is 47.8 Å². The fourth-order valence-electron chi connectivity index (χ4n) is 7.16. The third-order valence-corrected chi connectivity index (χ3v) is 10.2. The van der Waals surface area contributed by atoms with Crippen LogP contribution in [0.4, 0.5) is 0 Å². The molecule has 0 spiro atoms. The first-order chi connectivity index (χ1) is 26.2. The van der Waals surface area contributed by atoms with Crippen molar-refractivity contribution in [2.75, 3.05) is 48.6 Å². The zero-order valence-electron chi connectivity index (χ0n) is 33.1. The van der Waals surface area contributed by atoms with E-state index >= 15 is 0 Å². The second-order valence-electron chi connectivity index (χ2n) is 14.1. The number of rotatable bonds is 12. The molecule has 0 aromatic heterocycles. The molecule has 1 N–H and O–H groups in total. The van der Waals surface area contributed by atoms with Crippen LogP contribution in [0.3, 0.4) is 0 Å². The molecule has 4 rings (SSSR count). The summed E-state index contributed by atoms with van der Waals surface area (Å²) in [5, 5.41) is 9.44. The van der Waals surface area contributed by atoms with Crippen LogP contribution in [0.2, 0.25) is 0 Å². The van der Waals surface area contributed by atoms with Gasteiger partial charge in [0, 0.05) is 46.5 Å². The third-order valence-electron chi connectivity index (χ3n) is 10.2. The summed E-state index contributed by atoms with van der Waals surface area (Å²) >= 11 is 0. The predicted molar refractivity (Wildman–Crippen MR) is 203 cm³/mol. The van der Waals surface area contributed by atoms with Gasteiger partial charge in [0.15, 0.2) is 0 Å². The lowest BCUT2D eigenvalue weighted by Crippen LogP contribution is -2.32. The maximum Gasteiger partial charge on any atom is 0.342 e. The lowest BCUT2D eigenvalue weighted by Gasteiger charge is -2.29. The molecule has 12 nitrogen and oxygen atoms in total. The van der Waals surface area contributed by atoms with Gasteiger partial charge in [0.1, 0.15) is 54.7 Å². The average Bonchev–Trinajstić information content (AvgIpc) is 3.17. The summed E-state index contributed by atoms with van der Waals surface area (Å²) < 4.78 is 44.1. The average molecular weight is 759 g/mol. The van der Waals surface area contributed by atoms with Crippen LogP contribution in [0, 0.1) is 11.8 Å². The number of aliphatic hydroxyl groups excluding tert-OH is 1. The van der Waals surface area contributed by atoms with Crippen molar-refractivity contribution in [2.24, 2.45) is 11.8 Å². The fraction of sp³-hybridized carbons (Fsp3) is 0.643. The fourth-order valence-corrected chi connectivity index (χ4v) is 7.16. The number of carbonyl (C=O) groups is 3. The number of cyclic esters (lactones) is 2. The van der Waals surface area contributed by atoms with Gasteiger partial charge in [0.25, 0.3) is 0 Å². The van der Waals surface area contributed by atoms with Crippen LogP contribution >= 0.6 is 0 Å². The van der Waals surface area contributed by atoms with Gasteiger partial charge in [-0.15, -0.1) is 0 Å². The Bertz CT molecular complexity index is 1410. The minimum Gasteiger partial charge on any atom is -0.496 e. The van der Waals surface area contributed by atoms with E-state index in [0.717, 1.165) is 68.8 Å². The van der Waals surface area contributed by atoms with Crippen molar-refractivity contribution in [1.82, 2.24) is 0 Å². The normalized spacial score (nSPS) is 24.2. The molecule has 0 amide bonds. The van der Waals surface area contributed by atoms with Gasteiger partial charge in [0.05, 0.1) is 26.4 Å². The van der Waals surface area contributed by atoms with Crippen LogP contribution in [-0.2, 0) is 46.1 Å². The molecule has 0 radical (unpaired) electrons. The Balaban J connectivity index is 0.000000290. The first-order valence-corrected chi connectivity index (χ1v) is 19.2. The van der Waals surface area contributed by atoms with E-state index in [-0.39, 0.29) is 44.7 Å². The molecule has 0 saturated heterocycles. The number of aliphatic hydroxyl groups is 1. The summed E-state index contributed by atoms with van der Waals surface area (Å²) in [4.78, 5) is 37.0. The Labute approximate surface area is 321 Å². The number of ether oxygens (including phenoxy) is 8. The minimum atomic E-state index is -0.545. The van der Waals surface area contributed by atoms with E-state index in [1.807, 2.05) is 24.3 Å². The highest BCUT2D eigenvalue weighted by atomic mass is 16.7. The molecule has 0 saturated carbocycles. The molecule has 302 valence electrons.